The molecule has 0 radical (unpaired) electrons. The Hall–Kier alpha value is -5.74. The fourth-order valence-corrected chi connectivity index (χ4v) is 9.53. The van der Waals surface area contributed by atoms with Gasteiger partial charge in [-0.1, -0.05) is 115 Å². The number of anilines is 3. The van der Waals surface area contributed by atoms with Crippen molar-refractivity contribution in [3.05, 3.63) is 176 Å². The summed E-state index contributed by atoms with van der Waals surface area (Å²) in [6, 6.07) is 64.5. The summed E-state index contributed by atoms with van der Waals surface area (Å²) in [6.07, 6.45) is 0. The van der Waals surface area contributed by atoms with E-state index < -0.39 is 0 Å². The lowest BCUT2D eigenvalue weighted by atomic mass is 9.97. The lowest BCUT2D eigenvalue weighted by Crippen LogP contribution is -2.10. The fourth-order valence-electron chi connectivity index (χ4n) is 7.30. The van der Waals surface area contributed by atoms with Crippen LogP contribution in [-0.4, -0.2) is 0 Å². The molecule has 10 rings (SSSR count). The number of benzene rings is 8. The van der Waals surface area contributed by atoms with Crippen molar-refractivity contribution in [2.24, 2.45) is 0 Å². The van der Waals surface area contributed by atoms with Gasteiger partial charge in [0.1, 0.15) is 0 Å². The van der Waals surface area contributed by atoms with E-state index >= 15 is 0 Å². The van der Waals surface area contributed by atoms with Crippen molar-refractivity contribution in [3.8, 4) is 22.3 Å². The zero-order valence-corrected chi connectivity index (χ0v) is 28.1. The highest BCUT2D eigenvalue weighted by Crippen LogP contribution is 2.43. The molecular formula is C46H29NS2. The standard InChI is InChI=1S/C46H29NS2/c1-2-13-37-31(9-1)10-8-16-38(37)33-11-7-12-35(27-33)47(36-24-26-45-42(29-36)40-15-4-6-18-44(40)48-45)34-22-19-30(20-23-34)32-21-25-41-39-14-3-5-17-43(39)49-46(41)28-32/h1-29H. The van der Waals surface area contributed by atoms with Gasteiger partial charge in [0.15, 0.2) is 0 Å². The minimum atomic E-state index is 1.13. The van der Waals surface area contributed by atoms with E-state index in [4.69, 9.17) is 0 Å². The molecule has 0 N–H and O–H groups in total. The van der Waals surface area contributed by atoms with Crippen LogP contribution in [0.3, 0.4) is 0 Å². The van der Waals surface area contributed by atoms with Gasteiger partial charge in [0.25, 0.3) is 0 Å². The zero-order chi connectivity index (χ0) is 32.3. The Bertz CT molecular complexity index is 2830. The van der Waals surface area contributed by atoms with Crippen LogP contribution >= 0.6 is 22.7 Å². The zero-order valence-electron chi connectivity index (χ0n) is 26.5. The van der Waals surface area contributed by atoms with Gasteiger partial charge in [-0.3, -0.25) is 0 Å². The third-order valence-electron chi connectivity index (χ3n) is 9.66. The predicted octanol–water partition coefficient (Wildman–Crippen LogP) is 14.4. The van der Waals surface area contributed by atoms with Gasteiger partial charge in [0.05, 0.1) is 0 Å². The first-order chi connectivity index (χ1) is 24.3. The Morgan fingerprint density at radius 2 is 0.898 bits per heavy atom. The van der Waals surface area contributed by atoms with Gasteiger partial charge < -0.3 is 4.90 Å². The molecule has 0 amide bonds. The predicted molar refractivity (Wildman–Crippen MR) is 215 cm³/mol. The summed E-state index contributed by atoms with van der Waals surface area (Å²) < 4.78 is 5.29. The van der Waals surface area contributed by atoms with E-state index in [0.29, 0.717) is 0 Å². The van der Waals surface area contributed by atoms with Crippen molar-refractivity contribution >= 4 is 90.9 Å². The molecule has 2 aromatic heterocycles. The monoisotopic (exact) mass is 659 g/mol. The van der Waals surface area contributed by atoms with E-state index in [2.05, 4.69) is 181 Å². The normalized spacial score (nSPS) is 11.7. The molecule has 230 valence electrons. The highest BCUT2D eigenvalue weighted by molar-refractivity contribution is 7.26. The summed E-state index contributed by atoms with van der Waals surface area (Å²) in [6.45, 7) is 0. The fraction of sp³-hybridized carbons (Fsp3) is 0. The van der Waals surface area contributed by atoms with Crippen LogP contribution in [0.4, 0.5) is 17.1 Å². The van der Waals surface area contributed by atoms with Crippen LogP contribution < -0.4 is 4.90 Å². The van der Waals surface area contributed by atoms with Gasteiger partial charge in [-0.2, -0.15) is 0 Å². The molecule has 8 aromatic carbocycles. The Morgan fingerprint density at radius 3 is 1.73 bits per heavy atom. The van der Waals surface area contributed by atoms with Crippen LogP contribution in [0, 0.1) is 0 Å². The second-order valence-electron chi connectivity index (χ2n) is 12.5. The molecule has 49 heavy (non-hydrogen) atoms. The van der Waals surface area contributed by atoms with Crippen molar-refractivity contribution in [2.75, 3.05) is 4.90 Å². The molecule has 0 fully saturated rings. The molecular weight excluding hydrogens is 631 g/mol. The van der Waals surface area contributed by atoms with Crippen molar-refractivity contribution in [2.45, 2.75) is 0 Å². The third kappa shape index (κ3) is 4.82. The average Bonchev–Trinajstić information content (AvgIpc) is 3.73. The van der Waals surface area contributed by atoms with Crippen molar-refractivity contribution < 1.29 is 0 Å². The summed E-state index contributed by atoms with van der Waals surface area (Å²) in [5.41, 5.74) is 8.30. The number of nitrogens with zero attached hydrogens (tertiary/aromatic N) is 1. The van der Waals surface area contributed by atoms with Gasteiger partial charge in [0.2, 0.25) is 0 Å². The molecule has 0 atom stereocenters. The van der Waals surface area contributed by atoms with Crippen LogP contribution in [-0.2, 0) is 0 Å². The molecule has 0 aliphatic carbocycles. The Morgan fingerprint density at radius 1 is 0.306 bits per heavy atom. The van der Waals surface area contributed by atoms with Gasteiger partial charge in [-0.05, 0) is 93.7 Å². The Labute approximate surface area is 292 Å². The molecule has 0 saturated heterocycles. The van der Waals surface area contributed by atoms with Crippen LogP contribution in [0.25, 0.3) is 73.4 Å². The topological polar surface area (TPSA) is 3.24 Å². The van der Waals surface area contributed by atoms with Crippen LogP contribution in [0.1, 0.15) is 0 Å². The van der Waals surface area contributed by atoms with E-state index in [9.17, 15) is 0 Å². The lowest BCUT2D eigenvalue weighted by Gasteiger charge is -2.26. The van der Waals surface area contributed by atoms with Crippen molar-refractivity contribution in [3.63, 3.8) is 0 Å². The number of hydrogen-bond donors (Lipinski definition) is 0. The van der Waals surface area contributed by atoms with Gasteiger partial charge in [-0.25, -0.2) is 0 Å². The number of thiophene rings is 2. The minimum Gasteiger partial charge on any atom is -0.310 e. The number of fused-ring (bicyclic) bond motifs is 7. The quantitative estimate of drug-likeness (QED) is 0.178. The van der Waals surface area contributed by atoms with Crippen LogP contribution in [0.5, 0.6) is 0 Å². The number of hydrogen-bond acceptors (Lipinski definition) is 3. The number of rotatable bonds is 5. The summed E-state index contributed by atoms with van der Waals surface area (Å²) in [7, 11) is 0. The largest absolute Gasteiger partial charge is 0.310 e. The molecule has 3 heteroatoms. The molecule has 0 unspecified atom stereocenters. The molecule has 0 bridgehead atoms. The van der Waals surface area contributed by atoms with E-state index in [-0.39, 0.29) is 0 Å². The second-order valence-corrected chi connectivity index (χ2v) is 14.7. The molecule has 0 saturated carbocycles. The third-order valence-corrected chi connectivity index (χ3v) is 11.9. The first-order valence-electron chi connectivity index (χ1n) is 16.6. The van der Waals surface area contributed by atoms with E-state index in [0.717, 1.165) is 17.1 Å². The average molecular weight is 660 g/mol. The maximum absolute atomic E-state index is 2.40. The second kappa shape index (κ2) is 11.5. The maximum Gasteiger partial charge on any atom is 0.0468 e. The molecule has 2 heterocycles. The summed E-state index contributed by atoms with van der Waals surface area (Å²) in [5, 5.41) is 7.78. The van der Waals surface area contributed by atoms with Crippen molar-refractivity contribution in [1.29, 1.82) is 0 Å². The Balaban J connectivity index is 1.11. The maximum atomic E-state index is 2.40. The van der Waals surface area contributed by atoms with E-state index in [1.807, 2.05) is 22.7 Å². The van der Waals surface area contributed by atoms with E-state index in [1.165, 1.54) is 73.4 Å². The summed E-state index contributed by atoms with van der Waals surface area (Å²) in [4.78, 5) is 2.40. The van der Waals surface area contributed by atoms with Gasteiger partial charge in [-0.15, -0.1) is 22.7 Å². The van der Waals surface area contributed by atoms with Crippen molar-refractivity contribution in [1.82, 2.24) is 0 Å². The first-order valence-corrected chi connectivity index (χ1v) is 18.2. The smallest absolute Gasteiger partial charge is 0.0468 e. The molecule has 0 spiro atoms. The first kappa shape index (κ1) is 28.3. The van der Waals surface area contributed by atoms with Crippen LogP contribution in [0.2, 0.25) is 0 Å². The minimum absolute atomic E-state index is 1.13. The molecule has 0 aliphatic heterocycles. The highest BCUT2D eigenvalue weighted by Gasteiger charge is 2.17. The van der Waals surface area contributed by atoms with Gasteiger partial charge >= 0.3 is 0 Å². The highest BCUT2D eigenvalue weighted by atomic mass is 32.1. The molecule has 1 nitrogen and oxygen atoms in total. The summed E-state index contributed by atoms with van der Waals surface area (Å²) in [5.74, 6) is 0. The SMILES string of the molecule is c1cc(-c2cccc3ccccc23)cc(N(c2ccc(-c3ccc4c(c3)sc3ccccc34)cc2)c2ccc3sc4ccccc4c3c2)c1. The summed E-state index contributed by atoms with van der Waals surface area (Å²) >= 11 is 3.73. The van der Waals surface area contributed by atoms with E-state index in [1.54, 1.807) is 0 Å². The Kier molecular flexibility index (Phi) is 6.61. The molecule has 0 aliphatic rings. The van der Waals surface area contributed by atoms with Gasteiger partial charge in [0, 0.05) is 57.4 Å². The van der Waals surface area contributed by atoms with Crippen LogP contribution in [0.15, 0.2) is 176 Å². The molecule has 10 aromatic rings. The lowest BCUT2D eigenvalue weighted by molar-refractivity contribution is 1.29.